The minimum absolute atomic E-state index is 0.167. The summed E-state index contributed by atoms with van der Waals surface area (Å²) in [5, 5.41) is 9.35. The number of aryl methyl sites for hydroxylation is 2. The minimum atomic E-state index is -0.698. The molecule has 0 aromatic carbocycles. The van der Waals surface area contributed by atoms with Crippen LogP contribution in [0.25, 0.3) is 0 Å². The molecule has 2 rings (SSSR count). The topological polar surface area (TPSA) is 53.7 Å². The molecule has 1 heterocycles. The first-order chi connectivity index (χ1) is 9.85. The molecule has 1 atom stereocenters. The molecule has 1 aromatic heterocycles. The molecule has 0 radical (unpaired) electrons. The molecule has 0 aliphatic heterocycles. The fourth-order valence-corrected chi connectivity index (χ4v) is 3.83. The Morgan fingerprint density at radius 2 is 2.00 bits per heavy atom. The van der Waals surface area contributed by atoms with Crippen LogP contribution in [-0.4, -0.2) is 28.6 Å². The highest BCUT2D eigenvalue weighted by Crippen LogP contribution is 2.40. The lowest BCUT2D eigenvalue weighted by molar-refractivity contribution is -0.141. The number of nitrogens with zero attached hydrogens (tertiary/aromatic N) is 1. The minimum Gasteiger partial charge on any atom is -0.481 e. The molecule has 0 saturated heterocycles. The highest BCUT2D eigenvalue weighted by Gasteiger charge is 2.40. The first-order valence-electron chi connectivity index (χ1n) is 7.87. The Hall–Kier alpha value is -1.29. The van der Waals surface area contributed by atoms with Crippen LogP contribution in [0.4, 0.5) is 0 Å². The fourth-order valence-electron chi connectivity index (χ4n) is 3.83. The summed E-state index contributed by atoms with van der Waals surface area (Å²) in [5.41, 5.74) is 0.950. The summed E-state index contributed by atoms with van der Waals surface area (Å²) in [6.07, 6.45) is 5.62. The standard InChI is InChI=1S/C17H27NO3/c1-12-10-15(14(3)21-12)13(2)18(4)17(11-16(19)20)8-6-5-7-9-17/h10,13H,5-9,11H2,1-4H3,(H,19,20). The van der Waals surface area contributed by atoms with Crippen LogP contribution in [0.2, 0.25) is 0 Å². The van der Waals surface area contributed by atoms with Crippen molar-refractivity contribution in [2.75, 3.05) is 7.05 Å². The molecule has 1 aliphatic rings. The van der Waals surface area contributed by atoms with Gasteiger partial charge in [0.1, 0.15) is 11.5 Å². The monoisotopic (exact) mass is 293 g/mol. The van der Waals surface area contributed by atoms with Crippen LogP contribution < -0.4 is 0 Å². The molecule has 1 fully saturated rings. The van der Waals surface area contributed by atoms with Crippen LogP contribution in [0.1, 0.15) is 68.6 Å². The Morgan fingerprint density at radius 3 is 2.48 bits per heavy atom. The van der Waals surface area contributed by atoms with Crippen molar-refractivity contribution in [2.24, 2.45) is 0 Å². The van der Waals surface area contributed by atoms with Crippen molar-refractivity contribution in [1.82, 2.24) is 4.90 Å². The van der Waals surface area contributed by atoms with E-state index >= 15 is 0 Å². The first kappa shape index (κ1) is 16.1. The van der Waals surface area contributed by atoms with Crippen molar-refractivity contribution in [3.05, 3.63) is 23.2 Å². The number of carboxylic acid groups (broad SMARTS) is 1. The van der Waals surface area contributed by atoms with Crippen LogP contribution in [0, 0.1) is 13.8 Å². The molecular weight excluding hydrogens is 266 g/mol. The summed E-state index contributed by atoms with van der Waals surface area (Å²) in [6, 6.07) is 2.24. The predicted octanol–water partition coefficient (Wildman–Crippen LogP) is 4.07. The van der Waals surface area contributed by atoms with Crippen LogP contribution in [-0.2, 0) is 4.79 Å². The Labute approximate surface area is 127 Å². The van der Waals surface area contributed by atoms with Gasteiger partial charge in [0.2, 0.25) is 0 Å². The first-order valence-corrected chi connectivity index (χ1v) is 7.87. The zero-order valence-electron chi connectivity index (χ0n) is 13.6. The summed E-state index contributed by atoms with van der Waals surface area (Å²) >= 11 is 0. The van der Waals surface area contributed by atoms with Crippen LogP contribution in [0.15, 0.2) is 10.5 Å². The maximum atomic E-state index is 11.4. The average Bonchev–Trinajstić information content (AvgIpc) is 2.76. The SMILES string of the molecule is Cc1cc(C(C)N(C)C2(CC(=O)O)CCCCC2)c(C)o1. The van der Waals surface area contributed by atoms with E-state index in [9.17, 15) is 9.90 Å². The number of aliphatic carboxylic acids is 1. The van der Waals surface area contributed by atoms with Crippen LogP contribution in [0.3, 0.4) is 0 Å². The Morgan fingerprint density at radius 1 is 1.38 bits per heavy atom. The quantitative estimate of drug-likeness (QED) is 0.889. The molecule has 1 saturated carbocycles. The summed E-state index contributed by atoms with van der Waals surface area (Å²) < 4.78 is 5.64. The Bertz CT molecular complexity index is 500. The normalized spacial score (nSPS) is 19.7. The van der Waals surface area contributed by atoms with E-state index in [1.54, 1.807) is 0 Å². The lowest BCUT2D eigenvalue weighted by Gasteiger charge is -2.46. The van der Waals surface area contributed by atoms with Gasteiger partial charge in [0.15, 0.2) is 0 Å². The lowest BCUT2D eigenvalue weighted by Crippen LogP contribution is -2.50. The van der Waals surface area contributed by atoms with Gasteiger partial charge in [-0.3, -0.25) is 9.69 Å². The number of furan rings is 1. The van der Waals surface area contributed by atoms with E-state index in [1.807, 2.05) is 13.8 Å². The third kappa shape index (κ3) is 3.31. The van der Waals surface area contributed by atoms with Gasteiger partial charge in [-0.2, -0.15) is 0 Å². The third-order valence-electron chi connectivity index (χ3n) is 5.12. The Balaban J connectivity index is 2.26. The van der Waals surface area contributed by atoms with Gasteiger partial charge in [-0.1, -0.05) is 19.3 Å². The highest BCUT2D eigenvalue weighted by atomic mass is 16.4. The van der Waals surface area contributed by atoms with Crippen LogP contribution in [0.5, 0.6) is 0 Å². The van der Waals surface area contributed by atoms with E-state index in [0.717, 1.165) is 37.2 Å². The number of carboxylic acids is 1. The van der Waals surface area contributed by atoms with Crippen molar-refractivity contribution in [1.29, 1.82) is 0 Å². The molecule has 1 aromatic rings. The van der Waals surface area contributed by atoms with Gasteiger partial charge >= 0.3 is 5.97 Å². The summed E-state index contributed by atoms with van der Waals surface area (Å²) in [4.78, 5) is 13.6. The fraction of sp³-hybridized carbons (Fsp3) is 0.706. The Kier molecular flexibility index (Phi) is 4.77. The van der Waals surface area contributed by atoms with Crippen molar-refractivity contribution in [3.63, 3.8) is 0 Å². The van der Waals surface area contributed by atoms with Crippen molar-refractivity contribution in [2.45, 2.75) is 70.9 Å². The third-order valence-corrected chi connectivity index (χ3v) is 5.12. The maximum Gasteiger partial charge on any atom is 0.305 e. The average molecular weight is 293 g/mol. The van der Waals surface area contributed by atoms with E-state index < -0.39 is 5.97 Å². The largest absolute Gasteiger partial charge is 0.481 e. The molecule has 0 amide bonds. The predicted molar refractivity (Wildman–Crippen MR) is 82.4 cm³/mol. The molecular formula is C17H27NO3. The van der Waals surface area contributed by atoms with Gasteiger partial charge in [0, 0.05) is 17.1 Å². The van der Waals surface area contributed by atoms with Crippen molar-refractivity contribution < 1.29 is 14.3 Å². The molecule has 0 spiro atoms. The van der Waals surface area contributed by atoms with Gasteiger partial charge in [0.05, 0.1) is 6.42 Å². The van der Waals surface area contributed by atoms with Gasteiger partial charge in [-0.05, 0) is 46.7 Å². The van der Waals surface area contributed by atoms with E-state index in [4.69, 9.17) is 4.42 Å². The van der Waals surface area contributed by atoms with E-state index in [0.29, 0.717) is 0 Å². The smallest absolute Gasteiger partial charge is 0.305 e. The van der Waals surface area contributed by atoms with E-state index in [-0.39, 0.29) is 18.0 Å². The molecule has 21 heavy (non-hydrogen) atoms. The van der Waals surface area contributed by atoms with Crippen molar-refractivity contribution in [3.8, 4) is 0 Å². The molecule has 4 heteroatoms. The molecule has 1 aliphatic carbocycles. The lowest BCUT2D eigenvalue weighted by atomic mass is 9.77. The number of hydrogen-bond donors (Lipinski definition) is 1. The van der Waals surface area contributed by atoms with Gasteiger partial charge in [-0.25, -0.2) is 0 Å². The summed E-state index contributed by atoms with van der Waals surface area (Å²) in [5.74, 6) is 1.16. The summed E-state index contributed by atoms with van der Waals surface area (Å²) in [7, 11) is 2.07. The molecule has 4 nitrogen and oxygen atoms in total. The van der Waals surface area contributed by atoms with E-state index in [2.05, 4.69) is 24.9 Å². The number of hydrogen-bond acceptors (Lipinski definition) is 3. The van der Waals surface area contributed by atoms with Crippen LogP contribution >= 0.6 is 0 Å². The second-order valence-corrected chi connectivity index (χ2v) is 6.51. The zero-order chi connectivity index (χ0) is 15.6. The molecule has 1 unspecified atom stereocenters. The number of rotatable bonds is 5. The molecule has 0 bridgehead atoms. The molecule has 1 N–H and O–H groups in total. The van der Waals surface area contributed by atoms with Gasteiger partial charge < -0.3 is 9.52 Å². The van der Waals surface area contributed by atoms with Gasteiger partial charge in [-0.15, -0.1) is 0 Å². The zero-order valence-corrected chi connectivity index (χ0v) is 13.6. The second kappa shape index (κ2) is 6.22. The van der Waals surface area contributed by atoms with E-state index in [1.165, 1.54) is 12.0 Å². The number of carbonyl (C=O) groups is 1. The van der Waals surface area contributed by atoms with Crippen molar-refractivity contribution >= 4 is 5.97 Å². The maximum absolute atomic E-state index is 11.4. The summed E-state index contributed by atoms with van der Waals surface area (Å²) in [6.45, 7) is 6.09. The second-order valence-electron chi connectivity index (χ2n) is 6.51. The highest BCUT2D eigenvalue weighted by molar-refractivity contribution is 5.68. The van der Waals surface area contributed by atoms with Gasteiger partial charge in [0.25, 0.3) is 0 Å². The molecule has 118 valence electrons.